The van der Waals surface area contributed by atoms with Gasteiger partial charge in [-0.25, -0.2) is 4.98 Å². The molecule has 0 atom stereocenters. The van der Waals surface area contributed by atoms with Gasteiger partial charge in [-0.3, -0.25) is 14.3 Å². The highest BCUT2D eigenvalue weighted by Gasteiger charge is 2.23. The molecule has 5 rings (SSSR count). The third-order valence-corrected chi connectivity index (χ3v) is 5.57. The zero-order chi connectivity index (χ0) is 18.2. The number of fused-ring (bicyclic) bond motifs is 1. The molecule has 2 aromatic heterocycles. The molecule has 2 aliphatic rings. The largest absolute Gasteiger partial charge is 0.369 e. The van der Waals surface area contributed by atoms with Crippen molar-refractivity contribution in [1.82, 2.24) is 19.6 Å². The lowest BCUT2D eigenvalue weighted by Gasteiger charge is -2.35. The summed E-state index contributed by atoms with van der Waals surface area (Å²) in [6.45, 7) is 5.42. The fourth-order valence-corrected chi connectivity index (χ4v) is 3.76. The zero-order valence-corrected chi connectivity index (χ0v) is 15.3. The van der Waals surface area contributed by atoms with Gasteiger partial charge >= 0.3 is 0 Å². The molecule has 1 aliphatic heterocycles. The van der Waals surface area contributed by atoms with E-state index in [0.717, 1.165) is 56.2 Å². The molecule has 0 amide bonds. The molecule has 1 saturated heterocycles. The first-order valence-electron chi connectivity index (χ1n) is 9.62. The van der Waals surface area contributed by atoms with Crippen molar-refractivity contribution in [2.24, 2.45) is 5.92 Å². The topological polar surface area (TPSA) is 67.4 Å². The molecule has 140 valence electrons. The highest BCUT2D eigenvalue weighted by Crippen LogP contribution is 2.30. The van der Waals surface area contributed by atoms with Crippen molar-refractivity contribution in [1.29, 1.82) is 0 Å². The van der Waals surface area contributed by atoms with Crippen molar-refractivity contribution in [3.8, 4) is 0 Å². The normalized spacial score (nSPS) is 18.3. The van der Waals surface area contributed by atoms with Crippen LogP contribution in [0.5, 0.6) is 0 Å². The van der Waals surface area contributed by atoms with Crippen LogP contribution in [0.15, 0.2) is 46.1 Å². The van der Waals surface area contributed by atoms with E-state index >= 15 is 0 Å². The van der Waals surface area contributed by atoms with Crippen molar-refractivity contribution in [3.63, 3.8) is 0 Å². The average molecular weight is 365 g/mol. The Kier molecular flexibility index (Phi) is 4.16. The number of hydrogen-bond acceptors (Lipinski definition) is 6. The summed E-state index contributed by atoms with van der Waals surface area (Å²) in [4.78, 5) is 21.9. The summed E-state index contributed by atoms with van der Waals surface area (Å²) in [5.74, 6) is 1.57. The fourth-order valence-electron chi connectivity index (χ4n) is 3.76. The maximum absolute atomic E-state index is 12.7. The number of nitrogens with zero attached hydrogens (tertiary/aromatic N) is 5. The SMILES string of the molecule is O=c1c2ccc(N3CCN(Cc4ccno4)CC3)cc2ncn1CC1CC1. The standard InChI is InChI=1S/C20H23N5O2/c26-20-18-4-3-16(11-19(18)21-14-25(20)12-15-1-2-15)24-9-7-23(8-10-24)13-17-5-6-22-27-17/h3-6,11,14-15H,1-2,7-10,12-13H2. The number of rotatable bonds is 5. The molecule has 3 aromatic rings. The van der Waals surface area contributed by atoms with E-state index in [1.807, 2.05) is 18.2 Å². The minimum Gasteiger partial charge on any atom is -0.369 e. The smallest absolute Gasteiger partial charge is 0.261 e. The van der Waals surface area contributed by atoms with Crippen molar-refractivity contribution < 1.29 is 4.52 Å². The van der Waals surface area contributed by atoms with Gasteiger partial charge < -0.3 is 9.42 Å². The van der Waals surface area contributed by atoms with Crippen molar-refractivity contribution in [2.75, 3.05) is 31.1 Å². The van der Waals surface area contributed by atoms with Crippen LogP contribution in [-0.4, -0.2) is 45.8 Å². The van der Waals surface area contributed by atoms with Crippen LogP contribution in [0, 0.1) is 5.92 Å². The Morgan fingerprint density at radius 1 is 1.11 bits per heavy atom. The summed E-state index contributed by atoms with van der Waals surface area (Å²) in [7, 11) is 0. The first-order valence-corrected chi connectivity index (χ1v) is 9.62. The number of anilines is 1. The Bertz CT molecular complexity index is 985. The number of piperazine rings is 1. The van der Waals surface area contributed by atoms with Crippen LogP contribution in [-0.2, 0) is 13.1 Å². The summed E-state index contributed by atoms with van der Waals surface area (Å²) >= 11 is 0. The van der Waals surface area contributed by atoms with Crippen LogP contribution in [0.1, 0.15) is 18.6 Å². The Balaban J connectivity index is 1.30. The predicted molar refractivity (Wildman–Crippen MR) is 103 cm³/mol. The van der Waals surface area contributed by atoms with Gasteiger partial charge in [0, 0.05) is 44.5 Å². The van der Waals surface area contributed by atoms with Gasteiger partial charge in [0.1, 0.15) is 0 Å². The minimum absolute atomic E-state index is 0.0790. The quantitative estimate of drug-likeness (QED) is 0.690. The second kappa shape index (κ2) is 6.81. The van der Waals surface area contributed by atoms with Crippen LogP contribution in [0.4, 0.5) is 5.69 Å². The van der Waals surface area contributed by atoms with Gasteiger partial charge in [-0.05, 0) is 37.0 Å². The molecule has 27 heavy (non-hydrogen) atoms. The molecule has 1 aromatic carbocycles. The fraction of sp³-hybridized carbons (Fsp3) is 0.450. The molecule has 0 unspecified atom stereocenters. The van der Waals surface area contributed by atoms with Crippen LogP contribution >= 0.6 is 0 Å². The van der Waals surface area contributed by atoms with Crippen LogP contribution in [0.3, 0.4) is 0 Å². The van der Waals surface area contributed by atoms with Crippen LogP contribution in [0.25, 0.3) is 10.9 Å². The number of aromatic nitrogens is 3. The highest BCUT2D eigenvalue weighted by atomic mass is 16.5. The first-order chi connectivity index (χ1) is 13.3. The lowest BCUT2D eigenvalue weighted by molar-refractivity contribution is 0.220. The molecule has 1 aliphatic carbocycles. The summed E-state index contributed by atoms with van der Waals surface area (Å²) in [6, 6.07) is 7.95. The Labute approximate surface area is 157 Å². The van der Waals surface area contributed by atoms with Gasteiger partial charge in [0.25, 0.3) is 5.56 Å². The molecule has 0 spiro atoms. The van der Waals surface area contributed by atoms with Gasteiger partial charge in [0.15, 0.2) is 5.76 Å². The second-order valence-electron chi connectivity index (χ2n) is 7.59. The highest BCUT2D eigenvalue weighted by molar-refractivity contribution is 5.81. The predicted octanol–water partition coefficient (Wildman–Crippen LogP) is 2.12. The van der Waals surface area contributed by atoms with Crippen molar-refractivity contribution in [3.05, 3.63) is 52.9 Å². The van der Waals surface area contributed by atoms with Crippen molar-refractivity contribution in [2.45, 2.75) is 25.9 Å². The zero-order valence-electron chi connectivity index (χ0n) is 15.3. The Morgan fingerprint density at radius 3 is 2.70 bits per heavy atom. The van der Waals surface area contributed by atoms with Gasteiger partial charge in [-0.1, -0.05) is 5.16 Å². The molecule has 3 heterocycles. The van der Waals surface area contributed by atoms with E-state index in [4.69, 9.17) is 4.52 Å². The van der Waals surface area contributed by atoms with E-state index in [0.29, 0.717) is 11.3 Å². The van der Waals surface area contributed by atoms with E-state index in [1.165, 1.54) is 12.8 Å². The molecule has 0 radical (unpaired) electrons. The molecule has 0 bridgehead atoms. The van der Waals surface area contributed by atoms with Crippen molar-refractivity contribution >= 4 is 16.6 Å². The number of hydrogen-bond donors (Lipinski definition) is 0. The molecular weight excluding hydrogens is 342 g/mol. The summed E-state index contributed by atoms with van der Waals surface area (Å²) in [6.07, 6.45) is 5.85. The average Bonchev–Trinajstić information content (AvgIpc) is 3.37. The van der Waals surface area contributed by atoms with Gasteiger partial charge in [-0.2, -0.15) is 0 Å². The van der Waals surface area contributed by atoms with Crippen LogP contribution < -0.4 is 10.5 Å². The monoisotopic (exact) mass is 365 g/mol. The molecule has 0 N–H and O–H groups in total. The Morgan fingerprint density at radius 2 is 1.96 bits per heavy atom. The van der Waals surface area contributed by atoms with E-state index in [9.17, 15) is 4.79 Å². The van der Waals surface area contributed by atoms with E-state index in [1.54, 1.807) is 17.1 Å². The minimum atomic E-state index is 0.0790. The summed E-state index contributed by atoms with van der Waals surface area (Å²) in [5, 5.41) is 4.48. The van der Waals surface area contributed by atoms with Gasteiger partial charge in [0.2, 0.25) is 0 Å². The second-order valence-corrected chi connectivity index (χ2v) is 7.59. The van der Waals surface area contributed by atoms with Crippen LogP contribution in [0.2, 0.25) is 0 Å². The first kappa shape index (κ1) is 16.5. The third kappa shape index (κ3) is 3.47. The van der Waals surface area contributed by atoms with Gasteiger partial charge in [-0.15, -0.1) is 0 Å². The Hall–Kier alpha value is -2.67. The molecular formula is C20H23N5O2. The van der Waals surface area contributed by atoms with E-state index in [2.05, 4.69) is 26.0 Å². The third-order valence-electron chi connectivity index (χ3n) is 5.57. The lowest BCUT2D eigenvalue weighted by atomic mass is 10.2. The maximum atomic E-state index is 12.7. The molecule has 7 heteroatoms. The maximum Gasteiger partial charge on any atom is 0.261 e. The summed E-state index contributed by atoms with van der Waals surface area (Å²) in [5.41, 5.74) is 2.00. The van der Waals surface area contributed by atoms with E-state index < -0.39 is 0 Å². The van der Waals surface area contributed by atoms with Gasteiger partial charge in [0.05, 0.1) is 30.0 Å². The lowest BCUT2D eigenvalue weighted by Crippen LogP contribution is -2.45. The summed E-state index contributed by atoms with van der Waals surface area (Å²) < 4.78 is 6.97. The molecule has 1 saturated carbocycles. The molecule has 2 fully saturated rings. The van der Waals surface area contributed by atoms with E-state index in [-0.39, 0.29) is 5.56 Å². The number of benzene rings is 1. The molecule has 7 nitrogen and oxygen atoms in total.